The Balaban J connectivity index is 1.38. The molecule has 0 atom stereocenters. The predicted octanol–water partition coefficient (Wildman–Crippen LogP) is 2.37. The highest BCUT2D eigenvalue weighted by molar-refractivity contribution is 7.90. The van der Waals surface area contributed by atoms with Crippen molar-refractivity contribution in [3.63, 3.8) is 0 Å². The summed E-state index contributed by atoms with van der Waals surface area (Å²) >= 11 is 0. The average molecular weight is 401 g/mol. The molecule has 0 spiro atoms. The summed E-state index contributed by atoms with van der Waals surface area (Å²) in [7, 11) is -1.34. The summed E-state index contributed by atoms with van der Waals surface area (Å²) in [5, 5.41) is 8.84. The van der Waals surface area contributed by atoms with Gasteiger partial charge in [-0.15, -0.1) is 10.2 Å². The van der Waals surface area contributed by atoms with Crippen LogP contribution in [0.1, 0.15) is 57.2 Å². The molecule has 148 valence electrons. The summed E-state index contributed by atoms with van der Waals surface area (Å²) in [5.41, 5.74) is 2.36. The maximum atomic E-state index is 12.9. The van der Waals surface area contributed by atoms with E-state index in [0.29, 0.717) is 0 Å². The van der Waals surface area contributed by atoms with E-state index in [0.717, 1.165) is 74.0 Å². The summed E-state index contributed by atoms with van der Waals surface area (Å²) in [6.07, 6.45) is 10.8. The van der Waals surface area contributed by atoms with E-state index in [1.54, 1.807) is 10.5 Å². The first-order valence-electron chi connectivity index (χ1n) is 10.1. The van der Waals surface area contributed by atoms with Crippen LogP contribution in [0.2, 0.25) is 0 Å². The van der Waals surface area contributed by atoms with Gasteiger partial charge in [-0.25, -0.2) is 13.4 Å². The Morgan fingerprint density at radius 1 is 1.14 bits per heavy atom. The first-order valence-corrected chi connectivity index (χ1v) is 11.6. The van der Waals surface area contributed by atoms with Gasteiger partial charge in [0.25, 0.3) is 0 Å². The van der Waals surface area contributed by atoms with E-state index in [9.17, 15) is 8.42 Å². The lowest BCUT2D eigenvalue weighted by Gasteiger charge is -2.55. The second kappa shape index (κ2) is 5.33. The maximum absolute atomic E-state index is 12.9. The molecular weight excluding hydrogens is 376 g/mol. The highest BCUT2D eigenvalue weighted by Gasteiger charge is 2.56. The largest absolute Gasteiger partial charge is 0.345 e. The molecule has 0 saturated heterocycles. The van der Waals surface area contributed by atoms with Gasteiger partial charge in [0.1, 0.15) is 5.82 Å². The molecule has 4 aliphatic carbocycles. The monoisotopic (exact) mass is 400 g/mol. The highest BCUT2D eigenvalue weighted by atomic mass is 32.2. The van der Waals surface area contributed by atoms with Crippen molar-refractivity contribution in [1.82, 2.24) is 28.9 Å². The van der Waals surface area contributed by atoms with Crippen LogP contribution in [0.15, 0.2) is 18.5 Å². The Bertz CT molecular complexity index is 1170. The van der Waals surface area contributed by atoms with Crippen molar-refractivity contribution >= 4 is 26.8 Å². The number of sulfonamides is 1. The van der Waals surface area contributed by atoms with Crippen LogP contribution in [0.25, 0.3) is 16.8 Å². The van der Waals surface area contributed by atoms with E-state index in [1.165, 1.54) is 0 Å². The second-order valence-corrected chi connectivity index (χ2v) is 11.1. The van der Waals surface area contributed by atoms with E-state index in [1.807, 2.05) is 19.3 Å². The van der Waals surface area contributed by atoms with E-state index in [2.05, 4.69) is 24.6 Å². The third-order valence-corrected chi connectivity index (χ3v) is 10.1. The number of nitrogens with zero attached hydrogens (tertiary/aromatic N) is 5. The molecule has 4 aliphatic rings. The molecule has 3 aromatic heterocycles. The van der Waals surface area contributed by atoms with Crippen LogP contribution in [0.4, 0.5) is 0 Å². The lowest BCUT2D eigenvalue weighted by Crippen LogP contribution is -2.59. The lowest BCUT2D eigenvalue weighted by atomic mass is 9.57. The molecule has 4 saturated carbocycles. The molecule has 3 aromatic rings. The average Bonchev–Trinajstić information content (AvgIpc) is 3.32. The minimum atomic E-state index is -3.15. The third kappa shape index (κ3) is 2.09. The van der Waals surface area contributed by atoms with E-state index in [-0.39, 0.29) is 16.2 Å². The van der Waals surface area contributed by atoms with Gasteiger partial charge in [0.05, 0.1) is 17.0 Å². The summed E-state index contributed by atoms with van der Waals surface area (Å²) < 4.78 is 29.6. The van der Waals surface area contributed by atoms with Crippen LogP contribution in [-0.4, -0.2) is 55.1 Å². The Morgan fingerprint density at radius 2 is 1.86 bits per heavy atom. The number of nitrogens with one attached hydrogen (secondary N) is 1. The summed E-state index contributed by atoms with van der Waals surface area (Å²) in [4.78, 5) is 7.58. The van der Waals surface area contributed by atoms with Gasteiger partial charge in [0, 0.05) is 24.2 Å². The van der Waals surface area contributed by atoms with Crippen molar-refractivity contribution in [2.75, 3.05) is 7.05 Å². The van der Waals surface area contributed by atoms with Gasteiger partial charge >= 0.3 is 0 Å². The van der Waals surface area contributed by atoms with Gasteiger partial charge in [-0.3, -0.25) is 4.40 Å². The fraction of sp³-hybridized carbons (Fsp3) is 0.632. The summed E-state index contributed by atoms with van der Waals surface area (Å²) in [6, 6.07) is 2.02. The molecule has 2 bridgehead atoms. The number of aromatic amines is 1. The zero-order valence-electron chi connectivity index (χ0n) is 15.9. The molecule has 7 rings (SSSR count). The van der Waals surface area contributed by atoms with Crippen molar-refractivity contribution in [2.24, 2.45) is 0 Å². The van der Waals surface area contributed by atoms with Crippen molar-refractivity contribution in [3.05, 3.63) is 24.3 Å². The fourth-order valence-electron chi connectivity index (χ4n) is 5.55. The van der Waals surface area contributed by atoms with E-state index >= 15 is 0 Å². The van der Waals surface area contributed by atoms with Crippen LogP contribution in [0.5, 0.6) is 0 Å². The Labute approximate surface area is 163 Å². The summed E-state index contributed by atoms with van der Waals surface area (Å²) in [6.45, 7) is 0. The molecule has 4 fully saturated rings. The molecule has 0 radical (unpaired) electrons. The smallest absolute Gasteiger partial charge is 0.217 e. The van der Waals surface area contributed by atoms with Crippen LogP contribution in [-0.2, 0) is 15.4 Å². The maximum Gasteiger partial charge on any atom is 0.217 e. The quantitative estimate of drug-likeness (QED) is 0.725. The Kier molecular flexibility index (Phi) is 3.22. The normalized spacial score (nSPS) is 30.6. The number of hydrogen-bond acceptors (Lipinski definition) is 5. The standard InChI is InChI=1S/C19H24N6O2S/c1-24(28(26,27)13-2-3-13)19-8-5-18(6-9-19,7-10-19)17-23-22-15-12-21-16-14(25(15)17)4-11-20-16/h4,11-13,20H,2-3,5-10H2,1H3. The van der Waals surface area contributed by atoms with Crippen LogP contribution in [0.3, 0.4) is 0 Å². The molecule has 0 unspecified atom stereocenters. The fourth-order valence-corrected chi connectivity index (χ4v) is 7.55. The molecule has 0 aromatic carbocycles. The van der Waals surface area contributed by atoms with Crippen LogP contribution < -0.4 is 0 Å². The van der Waals surface area contributed by atoms with Crippen LogP contribution in [0, 0.1) is 0 Å². The summed E-state index contributed by atoms with van der Waals surface area (Å²) in [5.74, 6) is 1.01. The zero-order valence-corrected chi connectivity index (χ0v) is 16.7. The number of fused-ring (bicyclic) bond motifs is 6. The molecule has 8 nitrogen and oxygen atoms in total. The lowest BCUT2D eigenvalue weighted by molar-refractivity contribution is 0.0295. The predicted molar refractivity (Wildman–Crippen MR) is 104 cm³/mol. The van der Waals surface area contributed by atoms with Crippen LogP contribution >= 0.6 is 0 Å². The van der Waals surface area contributed by atoms with Crippen molar-refractivity contribution in [3.8, 4) is 0 Å². The zero-order chi connectivity index (χ0) is 19.1. The number of H-pyrrole nitrogens is 1. The van der Waals surface area contributed by atoms with Gasteiger partial charge < -0.3 is 4.98 Å². The molecule has 9 heteroatoms. The number of aromatic nitrogens is 5. The SMILES string of the molecule is CN(C12CCC(c3nnc4cnc5[nH]ccc5n34)(CC1)CC2)S(=O)(=O)C1CC1. The Morgan fingerprint density at radius 3 is 2.54 bits per heavy atom. The van der Waals surface area contributed by atoms with Gasteiger partial charge in [-0.05, 0) is 57.4 Å². The second-order valence-electron chi connectivity index (χ2n) is 8.90. The van der Waals surface area contributed by atoms with Crippen molar-refractivity contribution in [1.29, 1.82) is 0 Å². The molecule has 1 N–H and O–H groups in total. The van der Waals surface area contributed by atoms with E-state index in [4.69, 9.17) is 0 Å². The Hall–Kier alpha value is -2.00. The van der Waals surface area contributed by atoms with Gasteiger partial charge in [0.2, 0.25) is 10.0 Å². The van der Waals surface area contributed by atoms with E-state index < -0.39 is 10.0 Å². The van der Waals surface area contributed by atoms with Gasteiger partial charge in [-0.2, -0.15) is 4.31 Å². The van der Waals surface area contributed by atoms with Crippen molar-refractivity contribution in [2.45, 2.75) is 67.6 Å². The molecule has 3 heterocycles. The first-order chi connectivity index (χ1) is 13.5. The molecular formula is C19H24N6O2S. The van der Waals surface area contributed by atoms with Gasteiger partial charge in [0.15, 0.2) is 11.3 Å². The first kappa shape index (κ1) is 16.9. The minimum absolute atomic E-state index is 0.0309. The number of rotatable bonds is 4. The van der Waals surface area contributed by atoms with Crippen molar-refractivity contribution < 1.29 is 8.42 Å². The number of hydrogen-bond donors (Lipinski definition) is 1. The van der Waals surface area contributed by atoms with Gasteiger partial charge in [-0.1, -0.05) is 0 Å². The highest BCUT2D eigenvalue weighted by Crippen LogP contribution is 2.56. The topological polar surface area (TPSA) is 96.2 Å². The minimum Gasteiger partial charge on any atom is -0.345 e. The molecule has 0 aliphatic heterocycles. The third-order valence-electron chi connectivity index (χ3n) is 7.62. The molecule has 28 heavy (non-hydrogen) atoms. The molecule has 0 amide bonds.